The molecule has 3 aromatic heterocycles. The summed E-state index contributed by atoms with van der Waals surface area (Å²) >= 11 is 1.96. The molecule has 10 aliphatic rings. The van der Waals surface area contributed by atoms with Gasteiger partial charge in [-0.05, 0) is 220 Å². The lowest BCUT2D eigenvalue weighted by Crippen LogP contribution is -3.10. The number of piperidine rings is 3. The lowest BCUT2D eigenvalue weighted by Gasteiger charge is -2.39. The summed E-state index contributed by atoms with van der Waals surface area (Å²) in [5, 5.41) is 53.0. The van der Waals surface area contributed by atoms with Crippen LogP contribution in [0, 0.1) is 79.8 Å². The Morgan fingerprint density at radius 3 is 1.12 bits per heavy atom. The zero-order valence-electron chi connectivity index (χ0n) is 97.0. The molecule has 3 aromatic rings. The maximum atomic E-state index is 13.9. The highest BCUT2D eigenvalue weighted by molar-refractivity contribution is 14.1. The zero-order chi connectivity index (χ0) is 114. The Morgan fingerprint density at radius 1 is 0.534 bits per heavy atom. The third-order valence-electron chi connectivity index (χ3n) is 29.0. The van der Waals surface area contributed by atoms with Crippen molar-refractivity contribution in [3.63, 3.8) is 0 Å². The van der Waals surface area contributed by atoms with Crippen molar-refractivity contribution in [1.82, 2.24) is 85.5 Å². The van der Waals surface area contributed by atoms with E-state index in [1.54, 1.807) is 64.4 Å². The van der Waals surface area contributed by atoms with Crippen molar-refractivity contribution >= 4 is 113 Å². The normalized spacial score (nSPS) is 22.8. The highest BCUT2D eigenvalue weighted by Gasteiger charge is 2.72. The van der Waals surface area contributed by atoms with Crippen LogP contribution in [0.4, 0.5) is 28.0 Å². The molecule has 38 nitrogen and oxygen atoms in total. The summed E-state index contributed by atoms with van der Waals surface area (Å²) in [5.74, 6) is -2.75. The number of likely N-dealkylation sites (tertiary alicyclic amines) is 3. The molecule has 18 N–H and O–H groups in total. The van der Waals surface area contributed by atoms with Gasteiger partial charge in [0.2, 0.25) is 35.4 Å². The van der Waals surface area contributed by atoms with E-state index in [0.717, 1.165) is 31.8 Å². The van der Waals surface area contributed by atoms with Crippen LogP contribution in [0.2, 0.25) is 0 Å². The predicted molar refractivity (Wildman–Crippen MR) is 579 cm³/mol. The Bertz CT molecular complexity index is 4690. The van der Waals surface area contributed by atoms with Gasteiger partial charge in [-0.1, -0.05) is 178 Å². The number of carboxylic acids is 1. The number of nitrogens with zero attached hydrogens (tertiary/aromatic N) is 11. The number of carbonyl (C=O) groups excluding carboxylic acids is 12. The highest BCUT2D eigenvalue weighted by Crippen LogP contribution is 2.67. The van der Waals surface area contributed by atoms with Crippen molar-refractivity contribution in [2.24, 2.45) is 102 Å². The number of aliphatic hydroxyl groups is 2. The number of rotatable bonds is 22. The number of nitrogens with one attached hydrogen (secondary N) is 8. The number of halogens is 5. The lowest BCUT2D eigenvalue weighted by atomic mass is 9.79. The van der Waals surface area contributed by atoms with Gasteiger partial charge in [-0.25, -0.2) is 39.1 Å². The van der Waals surface area contributed by atoms with Gasteiger partial charge in [0.15, 0.2) is 12.4 Å². The molecule has 848 valence electrons. The molecule has 0 spiro atoms. The first-order valence-corrected chi connectivity index (χ1v) is 52.8. The van der Waals surface area contributed by atoms with Crippen molar-refractivity contribution in [1.29, 1.82) is 0 Å². The Hall–Kier alpha value is -8.59. The van der Waals surface area contributed by atoms with E-state index >= 15 is 0 Å². The minimum Gasteiger partial charge on any atom is -1.00 e. The second kappa shape index (κ2) is 59.6. The predicted octanol–water partition coefficient (Wildman–Crippen LogP) is 6.00. The van der Waals surface area contributed by atoms with Gasteiger partial charge < -0.3 is 107 Å². The van der Waals surface area contributed by atoms with E-state index < -0.39 is 144 Å². The van der Waals surface area contributed by atoms with Crippen molar-refractivity contribution < 1.29 is 108 Å². The Labute approximate surface area is 910 Å². The molecular formula is C105H188Cl2F2IN23O15. The SMILES string of the molecule is C1=C[NH2+]C=N1.CC(C)(C)NC(=O)N[C@H](C(=O)N1C[C@H]2[C@@H]([C@H]1C(=O)NC(CC1CCC1)C(O)C(N)=O)C2(C)C)C(C)(C)C.CC(C)(C)NC(=O)N[C@H](C(=O)N1C[C@H]2[C@@H]([C@H]1C(=O)[O-])C2(C)C)C(C)(C)C.CC(C)(C)NC(=O)N[C@H](C(=O)N1C[C@H]2[C@@H]([C@H]1C(=O)n1ccnc1)C2(C)C)C(C)(C)C.CCN(C(C)C)C(C)C.C[NH+](C)C1CCCCC1.Cl.NC(=O)C(O)C(N)CC1CCC1.O=C(n1ccnc1)n1ccnc1.[2H]CF.[2H]CF.[2H]CI.[Cl-]. The summed E-state index contributed by atoms with van der Waals surface area (Å²) in [6, 6.07) is -5.07. The van der Waals surface area contributed by atoms with Gasteiger partial charge in [-0.2, -0.15) is 0 Å². The molecule has 43 heteroatoms. The molecule has 148 heavy (non-hydrogen) atoms. The second-order valence-corrected chi connectivity index (χ2v) is 48.8. The van der Waals surface area contributed by atoms with E-state index in [2.05, 4.69) is 138 Å². The van der Waals surface area contributed by atoms with E-state index in [0.29, 0.717) is 61.3 Å². The molecule has 3 saturated heterocycles. The van der Waals surface area contributed by atoms with Gasteiger partial charge in [0, 0.05) is 92.9 Å². The lowest BCUT2D eigenvalue weighted by molar-refractivity contribution is -0.887. The number of alkyl halides is 3. The molecule has 0 aromatic carbocycles. The quantitative estimate of drug-likeness (QED) is 0.0405. The highest BCUT2D eigenvalue weighted by atomic mass is 127. The number of fused-ring (bicyclic) bond motifs is 3. The van der Waals surface area contributed by atoms with E-state index in [1.807, 2.05) is 173 Å². The monoisotopic (exact) mass is 2250 g/mol. The Morgan fingerprint density at radius 2 is 0.865 bits per heavy atom. The summed E-state index contributed by atoms with van der Waals surface area (Å²) in [5.41, 5.74) is 12.7. The van der Waals surface area contributed by atoms with Crippen molar-refractivity contribution in [3.05, 3.63) is 68.6 Å². The topological polar surface area (TPSA) is 530 Å². The standard InChI is InChI=1S/C27H47N5O5.C22H35N5O3.C19H33N3O4.C8H16N2O2.C8H17N.C8H19N.C7H6N4O.C3H4N2.2CH3F.CH3I.2ClH/c1-25(2,3)20(30-24(37)31-26(4,5)6)23(36)32-13-15-17(27(15,7)8)18(32)22(35)29-16(19(33)21(28)34)12-14-10-9-11-14;1-20(2,3)16(24-19(30)25-21(4,5)6)18(29)27-11-13-14(22(13,7)8)15(27)17(28)26-10-9-23-12-26;1-17(2,3)13(20-16(26)21-18(4,5)6)14(23)22-9-10-11(19(10,7)8)12(22)15(24)25;9-6(7(11)8(10)12)4-5-2-1-3-5;1-9(2)8-6-4-3-5-7-8;1-6-9(7(2)3)8(4)5;12-7(10-3-1-8-5-10)11-4-2-9-6-11;1-2-5-3-4-1;3*1-2;;/h14-20,33H,9-13H2,1-8H3,(H2,28,34)(H,29,35)(H2,30,31,37);9-10,12-16H,11H2,1-8H3,(H2,24,25,30);10-13H,9H2,1-8H3,(H,24,25)(H2,20,21,26);5-7,11H,1-4,9H2,(H2,10,12);8H,3-7H2,1-2H3;7-8H,6H2,1-5H3;1-6H;1-3H,(H,4,5);3*1H3;2*1H/t15-,16?,17-,18-,19?,20+;13-,14-,15-,16+;10-,11-,12-,13+;;;;;;;;;;/m000........../s1/i;;;;;;;;3*1D;;. The minimum absolute atomic E-state index is 0. The Kier molecular flexibility index (Phi) is 53.0. The fraction of sp³-hybridized carbons (Fsp3) is 0.771. The van der Waals surface area contributed by atoms with Gasteiger partial charge in [-0.15, -0.1) is 12.4 Å². The molecule has 13 rings (SSSR count). The molecule has 6 aliphatic carbocycles. The molecule has 0 bridgehead atoms. The number of quaternary nitrogens is 2. The van der Waals surface area contributed by atoms with Crippen LogP contribution in [-0.4, -0.2) is 291 Å². The number of aliphatic carboxylic acids is 1. The van der Waals surface area contributed by atoms with Crippen molar-refractivity contribution in [2.45, 2.75) is 380 Å². The van der Waals surface area contributed by atoms with Crippen LogP contribution in [0.3, 0.4) is 0 Å². The second-order valence-electron chi connectivity index (χ2n) is 48.8. The van der Waals surface area contributed by atoms with Crippen LogP contribution in [0.15, 0.2) is 73.6 Å². The average molecular weight is 2250 g/mol. The van der Waals surface area contributed by atoms with Gasteiger partial charge >= 0.3 is 24.1 Å². The maximum Gasteiger partial charge on any atom is 0.338 e. The number of aliphatic imine (C=N–C) groups is 1. The summed E-state index contributed by atoms with van der Waals surface area (Å²) in [4.78, 5) is 175. The van der Waals surface area contributed by atoms with E-state index in [-0.39, 0.29) is 112 Å². The van der Waals surface area contributed by atoms with Crippen LogP contribution >= 0.6 is 35.0 Å². The third-order valence-corrected chi connectivity index (χ3v) is 29.0. The molecule has 6 saturated carbocycles. The van der Waals surface area contributed by atoms with Crippen LogP contribution in [0.25, 0.3) is 0 Å². The molecule has 4 unspecified atom stereocenters. The number of imidazole rings is 3. The third kappa shape index (κ3) is 40.8. The van der Waals surface area contributed by atoms with Gasteiger partial charge in [0.05, 0.1) is 61.4 Å². The van der Waals surface area contributed by atoms with Crippen LogP contribution in [-0.2, 0) is 33.6 Å². The van der Waals surface area contributed by atoms with Crippen LogP contribution in [0.5, 0.6) is 0 Å². The average Bonchev–Trinajstić information content (AvgIpc) is 1.21. The number of hydrogen-bond acceptors (Lipinski definition) is 21. The van der Waals surface area contributed by atoms with E-state index in [9.17, 15) is 76.5 Å². The van der Waals surface area contributed by atoms with Crippen LogP contribution in [0.1, 0.15) is 293 Å². The number of aliphatic hydroxyl groups excluding tert-OH is 2. The number of aromatic nitrogens is 6. The minimum atomic E-state index is -1.50. The smallest absolute Gasteiger partial charge is 0.338 e. The number of carbonyl (C=O) groups is 12. The first-order valence-electron chi connectivity index (χ1n) is 53.4. The Balaban J connectivity index is 0.000000904. The van der Waals surface area contributed by atoms with Gasteiger partial charge in [0.25, 0.3) is 5.91 Å². The molecule has 12 amide bonds. The number of hydrogen-bond donors (Lipinski definition) is 14. The summed E-state index contributed by atoms with van der Waals surface area (Å²) < 4.78 is 41.4. The molecular weight excluding hydrogens is 2060 g/mol. The van der Waals surface area contributed by atoms with Crippen molar-refractivity contribution in [2.75, 3.05) is 59.5 Å². The molecule has 16 atom stereocenters. The molecule has 9 fully saturated rings. The van der Waals surface area contributed by atoms with Crippen LogP contribution < -0.4 is 82.1 Å². The van der Waals surface area contributed by atoms with Gasteiger partial charge in [0.1, 0.15) is 61.5 Å². The molecule has 0 radical (unpaired) electrons. The summed E-state index contributed by atoms with van der Waals surface area (Å²) in [7, 11) is 2.55. The first kappa shape index (κ1) is 132. The molecule has 4 aliphatic heterocycles. The van der Waals surface area contributed by atoms with Gasteiger partial charge in [-0.3, -0.25) is 66.3 Å². The van der Waals surface area contributed by atoms with E-state index in [4.69, 9.17) is 26.4 Å². The summed E-state index contributed by atoms with van der Waals surface area (Å²) in [6.07, 6.45) is 31.7. The number of carboxylic acid groups (broad SMARTS) is 1. The number of amides is 12. The summed E-state index contributed by atoms with van der Waals surface area (Å²) in [6.45, 7) is 59.9. The van der Waals surface area contributed by atoms with E-state index in [1.165, 1.54) is 88.9 Å². The zero-order valence-corrected chi connectivity index (χ0v) is 97.8. The fourth-order valence-corrected chi connectivity index (χ4v) is 20.3. The first-order chi connectivity index (χ1) is 68.7. The number of primary amides is 2. The molecule has 7 heterocycles. The largest absolute Gasteiger partial charge is 1.00 e. The number of nitrogens with two attached hydrogens (primary N) is 4. The number of urea groups is 3. The maximum absolute atomic E-state index is 13.9. The fourth-order valence-electron chi connectivity index (χ4n) is 20.3. The van der Waals surface area contributed by atoms with Crippen molar-refractivity contribution in [3.8, 4) is 0 Å².